The lowest BCUT2D eigenvalue weighted by Crippen LogP contribution is -2.47. The Morgan fingerprint density at radius 3 is 2.31 bits per heavy atom. The van der Waals surface area contributed by atoms with Crippen LogP contribution in [0.15, 0.2) is 54.6 Å². The number of methoxy groups -OCH3 is 2. The zero-order valence-electron chi connectivity index (χ0n) is 24.5. The van der Waals surface area contributed by atoms with Crippen LogP contribution in [0, 0.1) is 6.92 Å². The van der Waals surface area contributed by atoms with Crippen molar-refractivity contribution in [2.24, 2.45) is 0 Å². The summed E-state index contributed by atoms with van der Waals surface area (Å²) in [4.78, 5) is 7.45. The highest BCUT2D eigenvalue weighted by atomic mass is 35.5. The Hall–Kier alpha value is -2.84. The van der Waals surface area contributed by atoms with Gasteiger partial charge in [-0.25, -0.2) is 0 Å². The van der Waals surface area contributed by atoms with Crippen LogP contribution in [-0.2, 0) is 19.5 Å². The van der Waals surface area contributed by atoms with E-state index in [2.05, 4.69) is 68.8 Å². The van der Waals surface area contributed by atoms with E-state index in [4.69, 9.17) is 26.2 Å². The Bertz CT molecular complexity index is 1500. The number of piperazine rings is 1. The second-order valence-corrected chi connectivity index (χ2v) is 11.2. The van der Waals surface area contributed by atoms with Gasteiger partial charge in [-0.1, -0.05) is 35.9 Å². The minimum Gasteiger partial charge on any atom is -0.493 e. The number of hydrogen-bond donors (Lipinski definition) is 0. The summed E-state index contributed by atoms with van der Waals surface area (Å²) in [5, 5.41) is 7.15. The van der Waals surface area contributed by atoms with Gasteiger partial charge < -0.3 is 19.3 Å². The van der Waals surface area contributed by atoms with Crippen LogP contribution in [0.3, 0.4) is 0 Å². The Labute approximate surface area is 266 Å². The first kappa shape index (κ1) is 32.1. The minimum atomic E-state index is 0. The number of aryl methyl sites for hydroxylation is 1. The van der Waals surface area contributed by atoms with Gasteiger partial charge in [0.15, 0.2) is 11.5 Å². The van der Waals surface area contributed by atoms with E-state index in [0.29, 0.717) is 0 Å². The molecule has 0 unspecified atom stereocenters. The van der Waals surface area contributed by atoms with Crippen LogP contribution in [0.1, 0.15) is 23.2 Å². The van der Waals surface area contributed by atoms with Crippen LogP contribution in [0.2, 0.25) is 5.02 Å². The van der Waals surface area contributed by atoms with Gasteiger partial charge in [0.2, 0.25) is 0 Å². The van der Waals surface area contributed by atoms with Crippen molar-refractivity contribution in [1.29, 1.82) is 0 Å². The molecule has 3 heterocycles. The highest BCUT2D eigenvalue weighted by Gasteiger charge is 2.23. The number of fused-ring (bicyclic) bond motifs is 2. The van der Waals surface area contributed by atoms with Crippen LogP contribution < -0.4 is 19.3 Å². The number of benzene rings is 3. The van der Waals surface area contributed by atoms with E-state index < -0.39 is 0 Å². The number of ether oxygens (including phenoxy) is 2. The van der Waals surface area contributed by atoms with Crippen molar-refractivity contribution >= 4 is 58.7 Å². The summed E-state index contributed by atoms with van der Waals surface area (Å²) in [6.45, 7) is 9.69. The summed E-state index contributed by atoms with van der Waals surface area (Å²) in [6, 6.07) is 19.1. The van der Waals surface area contributed by atoms with Gasteiger partial charge in [0, 0.05) is 67.1 Å². The molecule has 6 rings (SSSR count). The topological polar surface area (TPSA) is 46.0 Å². The van der Waals surface area contributed by atoms with E-state index >= 15 is 0 Å². The quantitative estimate of drug-likeness (QED) is 0.217. The molecule has 0 amide bonds. The standard InChI is InChI=1S/C32H38ClN5O2.2ClH/c1-23-26(33)10-6-12-28(23)36-17-14-35(15-18-36)16-19-38-30-21-32(40-3)31(39-2)20-25(30)27(34-38)22-37-13-7-9-24-8-4-5-11-29(24)37;;/h4-6,8,10-12,20-21H,7,9,13-19,22H2,1-3H3;2*1H. The second kappa shape index (κ2) is 14.1. The number of para-hydroxylation sites is 1. The first-order valence-corrected chi connectivity index (χ1v) is 14.6. The van der Waals surface area contributed by atoms with Gasteiger partial charge in [0.25, 0.3) is 0 Å². The summed E-state index contributed by atoms with van der Waals surface area (Å²) in [7, 11) is 3.39. The molecule has 1 fully saturated rings. The van der Waals surface area contributed by atoms with Crippen molar-refractivity contribution in [2.45, 2.75) is 32.9 Å². The Morgan fingerprint density at radius 2 is 1.55 bits per heavy atom. The maximum absolute atomic E-state index is 6.39. The average Bonchev–Trinajstić information content (AvgIpc) is 3.33. The lowest BCUT2D eigenvalue weighted by atomic mass is 10.0. The normalized spacial score (nSPS) is 15.1. The molecular formula is C32H40Cl3N5O2. The van der Waals surface area contributed by atoms with Crippen molar-refractivity contribution < 1.29 is 9.47 Å². The van der Waals surface area contributed by atoms with E-state index in [-0.39, 0.29) is 24.8 Å². The fraction of sp³-hybridized carbons (Fsp3) is 0.406. The highest BCUT2D eigenvalue weighted by molar-refractivity contribution is 6.31. The van der Waals surface area contributed by atoms with E-state index in [1.54, 1.807) is 14.2 Å². The summed E-state index contributed by atoms with van der Waals surface area (Å²) >= 11 is 6.39. The van der Waals surface area contributed by atoms with Gasteiger partial charge in [-0.2, -0.15) is 5.10 Å². The van der Waals surface area contributed by atoms with Gasteiger partial charge in [0.1, 0.15) is 0 Å². The SMILES string of the molecule is COc1cc2c(CN3CCCc4ccccc43)nn(CCN3CCN(c4cccc(Cl)c4C)CC3)c2cc1OC.Cl.Cl. The number of halogens is 3. The third-order valence-corrected chi connectivity index (χ3v) is 8.87. The van der Waals surface area contributed by atoms with Crippen LogP contribution in [0.4, 0.5) is 11.4 Å². The smallest absolute Gasteiger partial charge is 0.162 e. The van der Waals surface area contributed by atoms with Crippen LogP contribution >= 0.6 is 36.4 Å². The molecule has 7 nitrogen and oxygen atoms in total. The number of nitrogens with zero attached hydrogens (tertiary/aromatic N) is 5. The van der Waals surface area contributed by atoms with Crippen LogP contribution in [0.5, 0.6) is 11.5 Å². The highest BCUT2D eigenvalue weighted by Crippen LogP contribution is 2.36. The van der Waals surface area contributed by atoms with Crippen molar-refractivity contribution in [3.63, 3.8) is 0 Å². The largest absolute Gasteiger partial charge is 0.493 e. The molecule has 10 heteroatoms. The maximum Gasteiger partial charge on any atom is 0.162 e. The van der Waals surface area contributed by atoms with Gasteiger partial charge >= 0.3 is 0 Å². The molecule has 0 aliphatic carbocycles. The second-order valence-electron chi connectivity index (χ2n) is 10.8. The fourth-order valence-corrected chi connectivity index (χ4v) is 6.37. The van der Waals surface area contributed by atoms with E-state index in [1.807, 2.05) is 12.1 Å². The Morgan fingerprint density at radius 1 is 0.833 bits per heavy atom. The predicted molar refractivity (Wildman–Crippen MR) is 178 cm³/mol. The van der Waals surface area contributed by atoms with E-state index in [1.165, 1.54) is 16.9 Å². The summed E-state index contributed by atoms with van der Waals surface area (Å²) in [6.07, 6.45) is 2.30. The zero-order valence-corrected chi connectivity index (χ0v) is 26.9. The maximum atomic E-state index is 6.39. The lowest BCUT2D eigenvalue weighted by molar-refractivity contribution is 0.245. The number of hydrogen-bond acceptors (Lipinski definition) is 6. The first-order chi connectivity index (χ1) is 19.6. The van der Waals surface area contributed by atoms with Gasteiger partial charge in [-0.15, -0.1) is 24.8 Å². The molecule has 3 aromatic carbocycles. The molecule has 2 aliphatic heterocycles. The van der Waals surface area contributed by atoms with Gasteiger partial charge in [0.05, 0.1) is 38.5 Å². The van der Waals surface area contributed by atoms with Crippen molar-refractivity contribution in [1.82, 2.24) is 14.7 Å². The number of anilines is 2. The molecule has 226 valence electrons. The Kier molecular flexibility index (Phi) is 10.8. The van der Waals surface area contributed by atoms with E-state index in [0.717, 1.165) is 104 Å². The molecule has 0 saturated carbocycles. The van der Waals surface area contributed by atoms with Crippen molar-refractivity contribution in [3.05, 3.63) is 76.4 Å². The molecule has 2 aliphatic rings. The summed E-state index contributed by atoms with van der Waals surface area (Å²) < 4.78 is 13.5. The number of aromatic nitrogens is 2. The third kappa shape index (κ3) is 6.40. The molecule has 4 aromatic rings. The molecule has 0 bridgehead atoms. The van der Waals surface area contributed by atoms with Gasteiger partial charge in [-0.05, 0) is 55.2 Å². The molecule has 1 saturated heterocycles. The molecular weight excluding hydrogens is 593 g/mol. The van der Waals surface area contributed by atoms with Crippen molar-refractivity contribution in [3.8, 4) is 11.5 Å². The zero-order chi connectivity index (χ0) is 27.6. The molecule has 0 atom stereocenters. The third-order valence-electron chi connectivity index (χ3n) is 8.46. The molecule has 0 radical (unpaired) electrons. The summed E-state index contributed by atoms with van der Waals surface area (Å²) in [5.74, 6) is 1.47. The summed E-state index contributed by atoms with van der Waals surface area (Å²) in [5.41, 5.74) is 7.32. The van der Waals surface area contributed by atoms with Gasteiger partial charge in [-0.3, -0.25) is 9.58 Å². The minimum absolute atomic E-state index is 0. The molecule has 1 aromatic heterocycles. The van der Waals surface area contributed by atoms with Crippen LogP contribution in [0.25, 0.3) is 10.9 Å². The van der Waals surface area contributed by atoms with E-state index in [9.17, 15) is 0 Å². The van der Waals surface area contributed by atoms with Crippen molar-refractivity contribution in [2.75, 3.05) is 63.3 Å². The Balaban J connectivity index is 0.00000202. The number of rotatable bonds is 8. The predicted octanol–water partition coefficient (Wildman–Crippen LogP) is 6.63. The lowest BCUT2D eigenvalue weighted by Gasteiger charge is -2.37. The average molecular weight is 633 g/mol. The molecule has 0 spiro atoms. The first-order valence-electron chi connectivity index (χ1n) is 14.2. The fourth-order valence-electron chi connectivity index (χ4n) is 6.20. The monoisotopic (exact) mass is 631 g/mol. The molecule has 0 N–H and O–H groups in total. The van der Waals surface area contributed by atoms with Crippen LogP contribution in [-0.4, -0.2) is 68.2 Å². The molecule has 42 heavy (non-hydrogen) atoms.